The fourth-order valence-electron chi connectivity index (χ4n) is 10.3. The summed E-state index contributed by atoms with van der Waals surface area (Å²) in [5.74, 6) is -8.93. The first kappa shape index (κ1) is 43.4. The molecule has 4 amide bonds. The standard InChI is InChI=1S/C42H54F4N6O8S/c1-5-6-11-23-25-18-29-24(31(23)25)12-9-10-15-42(45,46)33-36(49-28-14-8-7-13-27(28)48-33)59-30-20-52(37(54)22(3)47-39(56)60-29)32(21(30)2)35(53)50-41(19-26(41)34(43)44)38(55)51-61(57,58)40(4)16-17-40/h7-8,13-14,21-26,29-32,34H,5-6,9-12,15-20H2,1-4H3,(H,47,56)(H,50,53)(H,51,55)/t21-,22+,23?,24+,25+,26+,29-,30+,31-,32+,41-/m1/s1. The number of carbonyl (C=O) groups excluding carboxylic acids is 4. The number of aromatic nitrogens is 2. The molecule has 14 nitrogen and oxygen atoms in total. The minimum Gasteiger partial charge on any atom is -0.471 e. The van der Waals surface area contributed by atoms with Crippen LogP contribution >= 0.6 is 0 Å². The fraction of sp³-hybridized carbons (Fsp3) is 0.714. The molecule has 5 fully saturated rings. The number of rotatable bonds is 9. The monoisotopic (exact) mass is 878 g/mol. The third kappa shape index (κ3) is 8.00. The number of nitrogens with zero attached hydrogens (tertiary/aromatic N) is 3. The third-order valence-electron chi connectivity index (χ3n) is 14.4. The van der Waals surface area contributed by atoms with Crippen LogP contribution in [-0.4, -0.2) is 94.6 Å². The maximum Gasteiger partial charge on any atom is 0.408 e. The first-order valence-corrected chi connectivity index (χ1v) is 23.1. The molecular formula is C42H54F4N6O8S. The molecule has 0 spiro atoms. The number of fused-ring (bicyclic) bond motifs is 7. The van der Waals surface area contributed by atoms with E-state index in [4.69, 9.17) is 9.47 Å². The van der Waals surface area contributed by atoms with Gasteiger partial charge in [-0.05, 0) is 94.6 Å². The highest BCUT2D eigenvalue weighted by atomic mass is 32.2. The number of carbonyl (C=O) groups is 4. The molecule has 3 heterocycles. The van der Waals surface area contributed by atoms with E-state index in [1.54, 1.807) is 24.3 Å². The van der Waals surface area contributed by atoms with Crippen molar-refractivity contribution in [3.05, 3.63) is 30.0 Å². The van der Waals surface area contributed by atoms with Crippen LogP contribution in [0.4, 0.5) is 22.4 Å². The fourth-order valence-corrected chi connectivity index (χ4v) is 11.6. The zero-order valence-corrected chi connectivity index (χ0v) is 35.5. The molecule has 61 heavy (non-hydrogen) atoms. The molecule has 4 saturated carbocycles. The van der Waals surface area contributed by atoms with Crippen LogP contribution in [-0.2, 0) is 35.1 Å². The average Bonchev–Trinajstić information content (AvgIpc) is 4.15. The van der Waals surface area contributed by atoms with Crippen LogP contribution in [0.15, 0.2) is 24.3 Å². The van der Waals surface area contributed by atoms with Gasteiger partial charge in [-0.1, -0.05) is 45.2 Å². The van der Waals surface area contributed by atoms with Crippen LogP contribution in [0.25, 0.3) is 11.0 Å². The molecule has 19 heteroatoms. The summed E-state index contributed by atoms with van der Waals surface area (Å²) < 4.78 is 100. The molecule has 11 atom stereocenters. The molecular weight excluding hydrogens is 825 g/mol. The lowest BCUT2D eigenvalue weighted by Gasteiger charge is -2.30. The summed E-state index contributed by atoms with van der Waals surface area (Å²) in [5, 5.41) is 4.97. The number of unbranched alkanes of at least 4 members (excludes halogenated alkanes) is 1. The Labute approximate surface area is 352 Å². The summed E-state index contributed by atoms with van der Waals surface area (Å²) in [6.45, 7) is 6.01. The Bertz CT molecular complexity index is 2200. The lowest BCUT2D eigenvalue weighted by molar-refractivity contribution is -0.141. The number of nitrogens with one attached hydrogen (secondary N) is 3. The van der Waals surface area contributed by atoms with Gasteiger partial charge < -0.3 is 25.0 Å². The Hall–Kier alpha value is -4.29. The first-order valence-electron chi connectivity index (χ1n) is 21.6. The van der Waals surface area contributed by atoms with Crippen molar-refractivity contribution in [3.63, 3.8) is 0 Å². The van der Waals surface area contributed by atoms with Gasteiger partial charge in [-0.2, -0.15) is 8.78 Å². The minimum absolute atomic E-state index is 0.0464. The topological polar surface area (TPSA) is 186 Å². The van der Waals surface area contributed by atoms with Crippen LogP contribution in [0, 0.1) is 35.5 Å². The molecule has 1 aromatic heterocycles. The molecule has 4 aliphatic carbocycles. The molecule has 334 valence electrons. The Kier molecular flexibility index (Phi) is 11.2. The number of sulfonamides is 1. The molecule has 6 aliphatic rings. The second-order valence-corrected chi connectivity index (χ2v) is 20.7. The number of ether oxygens (including phenoxy) is 2. The second-order valence-electron chi connectivity index (χ2n) is 18.5. The summed E-state index contributed by atoms with van der Waals surface area (Å²) in [6.07, 6.45) is -1.39. The Balaban J connectivity index is 1.12. The molecule has 1 saturated heterocycles. The Morgan fingerprint density at radius 3 is 2.38 bits per heavy atom. The number of para-hydroxylation sites is 2. The number of halogens is 4. The highest BCUT2D eigenvalue weighted by molar-refractivity contribution is 7.91. The van der Waals surface area contributed by atoms with Crippen molar-refractivity contribution in [1.29, 1.82) is 0 Å². The Morgan fingerprint density at radius 2 is 1.72 bits per heavy atom. The summed E-state index contributed by atoms with van der Waals surface area (Å²) >= 11 is 0. The smallest absolute Gasteiger partial charge is 0.408 e. The predicted molar refractivity (Wildman–Crippen MR) is 212 cm³/mol. The van der Waals surface area contributed by atoms with Gasteiger partial charge in [0.15, 0.2) is 5.69 Å². The van der Waals surface area contributed by atoms with E-state index in [0.29, 0.717) is 37.0 Å². The lowest BCUT2D eigenvalue weighted by atomic mass is 9.89. The highest BCUT2D eigenvalue weighted by Gasteiger charge is 2.68. The SMILES string of the molecule is CCCCC1[C@@H]2[C@H]3CCCCC(F)(F)c4nc5ccccc5nc4O[C@H]4CN(C(=O)[C@H](C)NC(=O)O[C@@H]3C[C@@H]12)[C@H](C(=O)N[C@]1(C(=O)NS(=O)(=O)C2(C)CC2)C[C@H]1C(F)F)[C@@H]4C. The van der Waals surface area contributed by atoms with Gasteiger partial charge in [-0.3, -0.25) is 19.1 Å². The van der Waals surface area contributed by atoms with Crippen LogP contribution in [0.3, 0.4) is 0 Å². The molecule has 1 aromatic carbocycles. The zero-order valence-electron chi connectivity index (χ0n) is 34.7. The number of hydrogen-bond acceptors (Lipinski definition) is 10. The van der Waals surface area contributed by atoms with Crippen LogP contribution in [0.5, 0.6) is 5.88 Å². The van der Waals surface area contributed by atoms with E-state index in [-0.39, 0.29) is 36.2 Å². The summed E-state index contributed by atoms with van der Waals surface area (Å²) in [5.41, 5.74) is -2.59. The number of benzene rings is 1. The van der Waals surface area contributed by atoms with E-state index >= 15 is 8.78 Å². The summed E-state index contributed by atoms with van der Waals surface area (Å²) in [6, 6.07) is 3.56. The van der Waals surface area contributed by atoms with E-state index in [0.717, 1.165) is 24.2 Å². The maximum atomic E-state index is 16.5. The van der Waals surface area contributed by atoms with E-state index < -0.39 is 124 Å². The largest absolute Gasteiger partial charge is 0.471 e. The zero-order chi connectivity index (χ0) is 43.8. The van der Waals surface area contributed by atoms with Crippen molar-refractivity contribution in [1.82, 2.24) is 30.2 Å². The number of alkyl halides is 4. The van der Waals surface area contributed by atoms with Gasteiger partial charge in [0.1, 0.15) is 29.8 Å². The number of amides is 4. The third-order valence-corrected chi connectivity index (χ3v) is 16.6. The summed E-state index contributed by atoms with van der Waals surface area (Å²) in [4.78, 5) is 65.6. The molecule has 2 aliphatic heterocycles. The van der Waals surface area contributed by atoms with E-state index in [2.05, 4.69) is 27.5 Å². The molecule has 2 aromatic rings. The van der Waals surface area contributed by atoms with Gasteiger partial charge >= 0.3 is 6.09 Å². The van der Waals surface area contributed by atoms with Gasteiger partial charge in [-0.25, -0.2) is 32.0 Å². The average molecular weight is 879 g/mol. The Morgan fingerprint density at radius 1 is 1.02 bits per heavy atom. The van der Waals surface area contributed by atoms with Crippen molar-refractivity contribution < 1.29 is 54.6 Å². The van der Waals surface area contributed by atoms with Crippen molar-refractivity contribution in [2.75, 3.05) is 6.54 Å². The first-order chi connectivity index (χ1) is 28.8. The molecule has 3 N–H and O–H groups in total. The highest BCUT2D eigenvalue weighted by Crippen LogP contribution is 2.64. The second kappa shape index (κ2) is 15.8. The van der Waals surface area contributed by atoms with Gasteiger partial charge in [0.25, 0.3) is 11.8 Å². The van der Waals surface area contributed by atoms with E-state index in [1.807, 2.05) is 4.72 Å². The van der Waals surface area contributed by atoms with Gasteiger partial charge in [-0.15, -0.1) is 0 Å². The van der Waals surface area contributed by atoms with Gasteiger partial charge in [0.2, 0.25) is 34.1 Å². The van der Waals surface area contributed by atoms with Crippen molar-refractivity contribution in [2.45, 2.75) is 145 Å². The number of hydrogen-bond donors (Lipinski definition) is 3. The van der Waals surface area contributed by atoms with Crippen LogP contribution < -0.4 is 20.1 Å². The normalized spacial score (nSPS) is 35.3. The quantitative estimate of drug-likeness (QED) is 0.269. The van der Waals surface area contributed by atoms with E-state index in [9.17, 15) is 36.4 Å². The van der Waals surface area contributed by atoms with Crippen molar-refractivity contribution >= 4 is 44.9 Å². The molecule has 8 rings (SSSR count). The van der Waals surface area contributed by atoms with Crippen LogP contribution in [0.1, 0.15) is 104 Å². The van der Waals surface area contributed by atoms with Crippen molar-refractivity contribution in [3.8, 4) is 5.88 Å². The predicted octanol–water partition coefficient (Wildman–Crippen LogP) is 5.58. The maximum absolute atomic E-state index is 16.5. The number of alkyl carbamates (subject to hydrolysis) is 1. The van der Waals surface area contributed by atoms with E-state index in [1.165, 1.54) is 20.8 Å². The van der Waals surface area contributed by atoms with Gasteiger partial charge in [0.05, 0.1) is 28.2 Å². The molecule has 0 radical (unpaired) electrons. The van der Waals surface area contributed by atoms with Crippen LogP contribution in [0.2, 0.25) is 0 Å². The molecule has 1 unspecified atom stereocenters. The van der Waals surface area contributed by atoms with Gasteiger partial charge in [0, 0.05) is 12.3 Å². The van der Waals surface area contributed by atoms with Crippen molar-refractivity contribution in [2.24, 2.45) is 35.5 Å². The lowest BCUT2D eigenvalue weighted by Crippen LogP contribution is -2.59. The minimum atomic E-state index is -4.29. The summed E-state index contributed by atoms with van der Waals surface area (Å²) in [7, 11) is -4.29. The molecule has 2 bridgehead atoms.